The number of thioether (sulfide) groups is 1. The second-order valence-electron chi connectivity index (χ2n) is 6.18. The van der Waals surface area contributed by atoms with Crippen molar-refractivity contribution in [2.75, 3.05) is 11.1 Å². The number of carbonyl (C=O) groups is 1. The van der Waals surface area contributed by atoms with Gasteiger partial charge in [-0.2, -0.15) is 5.26 Å². The smallest absolute Gasteiger partial charge is 0.235 e. The number of hydrogen-bond donors (Lipinski definition) is 1. The molecule has 1 aromatic carbocycles. The Morgan fingerprint density at radius 3 is 2.79 bits per heavy atom. The molecule has 1 amide bonds. The van der Waals surface area contributed by atoms with Crippen LogP contribution < -0.4 is 10.1 Å². The quantitative estimate of drug-likeness (QED) is 0.594. The highest BCUT2D eigenvalue weighted by Gasteiger charge is 2.13. The van der Waals surface area contributed by atoms with Gasteiger partial charge in [0.25, 0.3) is 0 Å². The van der Waals surface area contributed by atoms with Crippen molar-refractivity contribution in [3.05, 3.63) is 52.2 Å². The van der Waals surface area contributed by atoms with E-state index in [2.05, 4.69) is 27.6 Å². The van der Waals surface area contributed by atoms with Crippen LogP contribution in [0.1, 0.15) is 22.5 Å². The number of nitrogens with one attached hydrogen (secondary N) is 1. The van der Waals surface area contributed by atoms with E-state index in [-0.39, 0.29) is 11.7 Å². The first kappa shape index (κ1) is 19.9. The van der Waals surface area contributed by atoms with Crippen molar-refractivity contribution >= 4 is 34.0 Å². The van der Waals surface area contributed by atoms with Crippen LogP contribution in [-0.4, -0.2) is 26.4 Å². The molecule has 0 aliphatic carbocycles. The van der Waals surface area contributed by atoms with Crippen molar-refractivity contribution in [1.82, 2.24) is 14.8 Å². The minimum Gasteiger partial charge on any atom is -0.486 e. The third-order valence-electron chi connectivity index (χ3n) is 3.86. The van der Waals surface area contributed by atoms with E-state index in [0.717, 1.165) is 16.9 Å². The number of aromatic nitrogens is 3. The first-order valence-corrected chi connectivity index (χ1v) is 10.3. The van der Waals surface area contributed by atoms with Crippen LogP contribution in [-0.2, 0) is 18.4 Å². The van der Waals surface area contributed by atoms with Gasteiger partial charge in [-0.15, -0.1) is 21.5 Å². The van der Waals surface area contributed by atoms with Crippen LogP contribution in [0.2, 0.25) is 0 Å². The van der Waals surface area contributed by atoms with E-state index in [1.165, 1.54) is 23.1 Å². The van der Waals surface area contributed by atoms with Gasteiger partial charge in [-0.25, -0.2) is 0 Å². The molecule has 2 aromatic heterocycles. The zero-order valence-electron chi connectivity index (χ0n) is 15.7. The maximum absolute atomic E-state index is 12.1. The molecule has 0 spiro atoms. The summed E-state index contributed by atoms with van der Waals surface area (Å²) in [4.78, 5) is 12.1. The van der Waals surface area contributed by atoms with Gasteiger partial charge in [-0.05, 0) is 48.6 Å². The summed E-state index contributed by atoms with van der Waals surface area (Å²) in [6.07, 6.45) is 0. The van der Waals surface area contributed by atoms with E-state index < -0.39 is 0 Å². The lowest BCUT2D eigenvalue weighted by Crippen LogP contribution is -2.14. The fraction of sp³-hybridized carbons (Fsp3) is 0.263. The average Bonchev–Trinajstić information content (AvgIpc) is 3.23. The van der Waals surface area contributed by atoms with Crippen LogP contribution in [0.3, 0.4) is 0 Å². The first-order chi connectivity index (χ1) is 13.5. The van der Waals surface area contributed by atoms with Crippen molar-refractivity contribution < 1.29 is 9.53 Å². The Morgan fingerprint density at radius 1 is 1.32 bits per heavy atom. The molecule has 2 heterocycles. The second-order valence-corrected chi connectivity index (χ2v) is 8.04. The molecule has 9 heteroatoms. The predicted molar refractivity (Wildman–Crippen MR) is 110 cm³/mol. The zero-order chi connectivity index (χ0) is 20.1. The zero-order valence-corrected chi connectivity index (χ0v) is 17.4. The summed E-state index contributed by atoms with van der Waals surface area (Å²) in [5.41, 5.74) is 2.74. The number of nitrogens with zero attached hydrogens (tertiary/aromatic N) is 4. The molecule has 0 aliphatic heterocycles. The number of ether oxygens (including phenoxy) is 1. The molecule has 0 saturated carbocycles. The Hall–Kier alpha value is -2.83. The maximum atomic E-state index is 12.1. The number of aryl methyl sites for hydroxylation is 2. The lowest BCUT2D eigenvalue weighted by Gasteiger charge is -2.08. The van der Waals surface area contributed by atoms with Crippen LogP contribution in [0.5, 0.6) is 5.75 Å². The van der Waals surface area contributed by atoms with Crippen molar-refractivity contribution in [3.8, 4) is 11.8 Å². The van der Waals surface area contributed by atoms with Crippen molar-refractivity contribution in [1.29, 1.82) is 5.26 Å². The molecule has 1 N–H and O–H groups in total. The lowest BCUT2D eigenvalue weighted by molar-refractivity contribution is -0.113. The molecule has 0 unspecified atom stereocenters. The molecular formula is C19H19N5O2S2. The number of amides is 1. The van der Waals surface area contributed by atoms with Crippen LogP contribution in [0.15, 0.2) is 34.8 Å². The molecule has 0 radical (unpaired) electrons. The van der Waals surface area contributed by atoms with Gasteiger partial charge in [0.05, 0.1) is 11.3 Å². The molecule has 0 fully saturated rings. The van der Waals surface area contributed by atoms with E-state index in [1.54, 1.807) is 11.4 Å². The highest BCUT2D eigenvalue weighted by Crippen LogP contribution is 2.23. The van der Waals surface area contributed by atoms with Gasteiger partial charge in [0.15, 0.2) is 11.0 Å². The summed E-state index contributed by atoms with van der Waals surface area (Å²) in [5.74, 6) is 1.44. The van der Waals surface area contributed by atoms with E-state index in [9.17, 15) is 4.79 Å². The molecule has 0 saturated heterocycles. The summed E-state index contributed by atoms with van der Waals surface area (Å²) < 4.78 is 7.64. The summed E-state index contributed by atoms with van der Waals surface area (Å²) >= 11 is 2.61. The third kappa shape index (κ3) is 4.91. The molecule has 7 nitrogen and oxygen atoms in total. The molecule has 3 rings (SSSR count). The maximum Gasteiger partial charge on any atom is 0.235 e. The minimum absolute atomic E-state index is 0.173. The SMILES string of the molecule is Cc1cc(C)cc(OCc2nnc(SCC(=O)Nc3sccc3C#N)n2C)c1. The van der Waals surface area contributed by atoms with Gasteiger partial charge in [-0.1, -0.05) is 17.8 Å². The Morgan fingerprint density at radius 2 is 2.07 bits per heavy atom. The van der Waals surface area contributed by atoms with Crippen LogP contribution in [0.4, 0.5) is 5.00 Å². The number of hydrogen-bond acceptors (Lipinski definition) is 7. The van der Waals surface area contributed by atoms with Crippen molar-refractivity contribution in [3.63, 3.8) is 0 Å². The Kier molecular flexibility index (Phi) is 6.34. The number of carbonyl (C=O) groups excluding carboxylic acids is 1. The van der Waals surface area contributed by atoms with E-state index in [4.69, 9.17) is 10.00 Å². The fourth-order valence-electron chi connectivity index (χ4n) is 2.55. The summed E-state index contributed by atoms with van der Waals surface area (Å²) in [5, 5.41) is 23.0. The van der Waals surface area contributed by atoms with Crippen LogP contribution in [0, 0.1) is 25.2 Å². The monoisotopic (exact) mass is 413 g/mol. The van der Waals surface area contributed by atoms with Gasteiger partial charge in [0, 0.05) is 7.05 Å². The predicted octanol–water partition coefficient (Wildman–Crippen LogP) is 3.67. The van der Waals surface area contributed by atoms with Crippen LogP contribution >= 0.6 is 23.1 Å². The molecular weight excluding hydrogens is 394 g/mol. The van der Waals surface area contributed by atoms with E-state index in [1.807, 2.05) is 37.6 Å². The molecule has 0 bridgehead atoms. The number of rotatable bonds is 7. The van der Waals surface area contributed by atoms with E-state index >= 15 is 0 Å². The van der Waals surface area contributed by atoms with Crippen molar-refractivity contribution in [2.45, 2.75) is 25.6 Å². The molecule has 144 valence electrons. The molecule has 0 aliphatic rings. The van der Waals surface area contributed by atoms with Gasteiger partial charge in [0.1, 0.15) is 23.4 Å². The summed E-state index contributed by atoms with van der Waals surface area (Å²) in [6, 6.07) is 9.77. The Bertz CT molecular complexity index is 1020. The van der Waals surface area contributed by atoms with Gasteiger partial charge >= 0.3 is 0 Å². The van der Waals surface area contributed by atoms with Gasteiger partial charge in [0.2, 0.25) is 5.91 Å². The standard InChI is InChI=1S/C19H19N5O2S2/c1-12-6-13(2)8-15(7-12)26-10-16-22-23-19(24(16)3)28-11-17(25)21-18-14(9-20)4-5-27-18/h4-8H,10-11H2,1-3H3,(H,21,25). The number of anilines is 1. The van der Waals surface area contributed by atoms with Gasteiger partial charge < -0.3 is 14.6 Å². The van der Waals surface area contributed by atoms with Crippen molar-refractivity contribution in [2.24, 2.45) is 7.05 Å². The third-order valence-corrected chi connectivity index (χ3v) is 5.71. The second kappa shape index (κ2) is 8.91. The molecule has 3 aromatic rings. The minimum atomic E-state index is -0.194. The topological polar surface area (TPSA) is 92.8 Å². The first-order valence-electron chi connectivity index (χ1n) is 8.46. The fourth-order valence-corrected chi connectivity index (χ4v) is 4.03. The lowest BCUT2D eigenvalue weighted by atomic mass is 10.1. The normalized spacial score (nSPS) is 10.5. The van der Waals surface area contributed by atoms with E-state index in [0.29, 0.717) is 28.2 Å². The average molecular weight is 414 g/mol. The number of nitriles is 1. The van der Waals surface area contributed by atoms with Crippen LogP contribution in [0.25, 0.3) is 0 Å². The molecule has 28 heavy (non-hydrogen) atoms. The Balaban J connectivity index is 1.55. The van der Waals surface area contributed by atoms with Gasteiger partial charge in [-0.3, -0.25) is 4.79 Å². The largest absolute Gasteiger partial charge is 0.486 e. The molecule has 0 atom stereocenters. The number of thiophene rings is 1. The Labute approximate surface area is 171 Å². The highest BCUT2D eigenvalue weighted by atomic mass is 32.2. The number of benzene rings is 1. The summed E-state index contributed by atoms with van der Waals surface area (Å²) in [7, 11) is 1.84. The highest BCUT2D eigenvalue weighted by molar-refractivity contribution is 7.99. The summed E-state index contributed by atoms with van der Waals surface area (Å²) in [6.45, 7) is 4.34.